The molecule has 1 fully saturated rings. The number of halogens is 1. The molecule has 0 bridgehead atoms. The molecule has 0 aliphatic carbocycles. The maximum atomic E-state index is 12.0. The Hall–Kier alpha value is -0.770. The summed E-state index contributed by atoms with van der Waals surface area (Å²) in [7, 11) is 0. The second-order valence-electron chi connectivity index (χ2n) is 8.04. The van der Waals surface area contributed by atoms with Gasteiger partial charge in [0.1, 0.15) is 5.60 Å². The average molecular weight is 483 g/mol. The van der Waals surface area contributed by atoms with Crippen LogP contribution in [0.3, 0.4) is 0 Å². The van der Waals surface area contributed by atoms with Crippen molar-refractivity contribution in [2.75, 3.05) is 45.8 Å². The van der Waals surface area contributed by atoms with Crippen LogP contribution < -0.4 is 11.1 Å². The summed E-state index contributed by atoms with van der Waals surface area (Å²) >= 11 is 0. The Labute approximate surface area is 176 Å². The summed E-state index contributed by atoms with van der Waals surface area (Å²) in [5, 5.41) is 3.15. The Morgan fingerprint density at radius 1 is 1.23 bits per heavy atom. The summed E-state index contributed by atoms with van der Waals surface area (Å²) in [6, 6.07) is 0. The van der Waals surface area contributed by atoms with Crippen molar-refractivity contribution in [3.63, 3.8) is 0 Å². The van der Waals surface area contributed by atoms with Crippen molar-refractivity contribution in [2.24, 2.45) is 16.6 Å². The molecule has 8 heteroatoms. The van der Waals surface area contributed by atoms with Crippen LogP contribution in [-0.2, 0) is 4.74 Å². The first kappa shape index (κ1) is 25.2. The van der Waals surface area contributed by atoms with Crippen LogP contribution >= 0.6 is 24.0 Å². The summed E-state index contributed by atoms with van der Waals surface area (Å²) in [6.07, 6.45) is 1.86. The first-order valence-corrected chi connectivity index (χ1v) is 9.41. The van der Waals surface area contributed by atoms with Crippen LogP contribution in [0.25, 0.3) is 0 Å². The summed E-state index contributed by atoms with van der Waals surface area (Å²) in [4.78, 5) is 20.5. The summed E-state index contributed by atoms with van der Waals surface area (Å²) < 4.78 is 5.41. The number of nitrogens with zero attached hydrogens (tertiary/aromatic N) is 3. The summed E-state index contributed by atoms with van der Waals surface area (Å²) in [6.45, 7) is 15.8. The van der Waals surface area contributed by atoms with Crippen molar-refractivity contribution in [1.82, 2.24) is 15.1 Å². The van der Waals surface area contributed by atoms with Gasteiger partial charge >= 0.3 is 6.09 Å². The van der Waals surface area contributed by atoms with Gasteiger partial charge in [0.15, 0.2) is 5.96 Å². The lowest BCUT2D eigenvalue weighted by atomic mass is 10.1. The lowest BCUT2D eigenvalue weighted by molar-refractivity contribution is 0.0145. The van der Waals surface area contributed by atoms with E-state index in [0.29, 0.717) is 11.9 Å². The molecule has 0 atom stereocenters. The zero-order valence-corrected chi connectivity index (χ0v) is 19.4. The number of amides is 1. The van der Waals surface area contributed by atoms with E-state index in [0.717, 1.165) is 58.7 Å². The lowest BCUT2D eigenvalue weighted by Crippen LogP contribution is -2.50. The molecule has 26 heavy (non-hydrogen) atoms. The fourth-order valence-corrected chi connectivity index (χ4v) is 2.52. The molecule has 1 rings (SSSR count). The molecule has 7 nitrogen and oxygen atoms in total. The van der Waals surface area contributed by atoms with Gasteiger partial charge in [-0.3, -0.25) is 9.89 Å². The van der Waals surface area contributed by atoms with Crippen LogP contribution in [0.2, 0.25) is 0 Å². The van der Waals surface area contributed by atoms with Crippen molar-refractivity contribution in [1.29, 1.82) is 0 Å². The molecule has 1 aliphatic heterocycles. The molecule has 0 saturated carbocycles. The van der Waals surface area contributed by atoms with Crippen LogP contribution in [0.1, 0.15) is 47.5 Å². The highest BCUT2D eigenvalue weighted by atomic mass is 127. The minimum Gasteiger partial charge on any atom is -0.444 e. The maximum absolute atomic E-state index is 12.0. The molecular weight excluding hydrogens is 445 g/mol. The van der Waals surface area contributed by atoms with E-state index in [4.69, 9.17) is 10.5 Å². The van der Waals surface area contributed by atoms with Gasteiger partial charge in [-0.15, -0.1) is 24.0 Å². The molecule has 0 unspecified atom stereocenters. The summed E-state index contributed by atoms with van der Waals surface area (Å²) in [5.74, 6) is 1.20. The zero-order chi connectivity index (χ0) is 18.9. The highest BCUT2D eigenvalue weighted by Gasteiger charge is 2.25. The Bertz CT molecular complexity index is 430. The second kappa shape index (κ2) is 12.6. The van der Waals surface area contributed by atoms with Crippen LogP contribution in [0.4, 0.5) is 4.79 Å². The normalized spacial score (nSPS) is 16.4. The molecule has 3 N–H and O–H groups in total. The molecule has 0 aromatic rings. The van der Waals surface area contributed by atoms with E-state index in [9.17, 15) is 4.79 Å². The Morgan fingerprint density at radius 2 is 1.85 bits per heavy atom. The molecule has 1 saturated heterocycles. The number of nitrogens with one attached hydrogen (secondary N) is 1. The number of ether oxygens (including phenoxy) is 1. The minimum atomic E-state index is -0.435. The van der Waals surface area contributed by atoms with Gasteiger partial charge < -0.3 is 20.7 Å². The van der Waals surface area contributed by atoms with E-state index in [1.54, 1.807) is 4.90 Å². The van der Waals surface area contributed by atoms with E-state index < -0.39 is 5.60 Å². The second-order valence-corrected chi connectivity index (χ2v) is 8.04. The van der Waals surface area contributed by atoms with Crippen LogP contribution in [0.15, 0.2) is 4.99 Å². The Balaban J connectivity index is 0.00000625. The number of nitrogens with two attached hydrogens (primary N) is 1. The third-order valence-corrected chi connectivity index (χ3v) is 3.97. The fraction of sp³-hybridized carbons (Fsp3) is 0.889. The number of piperazine rings is 1. The van der Waals surface area contributed by atoms with Gasteiger partial charge in [-0.25, -0.2) is 4.79 Å². The SMILES string of the molecule is CC(C)CCNC(N)=NCCCN1CCN(C(=O)OC(C)(C)C)CC1.I. The molecule has 0 radical (unpaired) electrons. The third kappa shape index (κ3) is 11.8. The van der Waals surface area contributed by atoms with Gasteiger partial charge in [-0.1, -0.05) is 13.8 Å². The van der Waals surface area contributed by atoms with Crippen molar-refractivity contribution in [3.05, 3.63) is 0 Å². The molecular formula is C18H38IN5O2. The number of rotatable bonds is 7. The number of hydrogen-bond donors (Lipinski definition) is 2. The van der Waals surface area contributed by atoms with Gasteiger partial charge in [-0.05, 0) is 39.5 Å². The van der Waals surface area contributed by atoms with Crippen LogP contribution in [0.5, 0.6) is 0 Å². The predicted molar refractivity (Wildman–Crippen MR) is 118 cm³/mol. The van der Waals surface area contributed by atoms with Gasteiger partial charge in [0.05, 0.1) is 0 Å². The quantitative estimate of drug-likeness (QED) is 0.252. The van der Waals surface area contributed by atoms with Crippen molar-refractivity contribution >= 4 is 36.0 Å². The van der Waals surface area contributed by atoms with E-state index >= 15 is 0 Å². The van der Waals surface area contributed by atoms with Gasteiger partial charge in [0, 0.05) is 45.8 Å². The van der Waals surface area contributed by atoms with E-state index in [1.807, 2.05) is 20.8 Å². The molecule has 0 aromatic heterocycles. The van der Waals surface area contributed by atoms with Gasteiger partial charge in [0.2, 0.25) is 0 Å². The number of carbonyl (C=O) groups excluding carboxylic acids is 1. The molecule has 1 heterocycles. The molecule has 1 aliphatic rings. The van der Waals surface area contributed by atoms with E-state index in [-0.39, 0.29) is 30.1 Å². The number of hydrogen-bond acceptors (Lipinski definition) is 4. The summed E-state index contributed by atoms with van der Waals surface area (Å²) in [5.41, 5.74) is 5.41. The monoisotopic (exact) mass is 483 g/mol. The first-order valence-electron chi connectivity index (χ1n) is 9.41. The first-order chi connectivity index (χ1) is 11.7. The van der Waals surface area contributed by atoms with Crippen molar-refractivity contribution in [3.8, 4) is 0 Å². The van der Waals surface area contributed by atoms with E-state index in [1.165, 1.54) is 0 Å². The maximum Gasteiger partial charge on any atom is 0.410 e. The largest absolute Gasteiger partial charge is 0.444 e. The molecule has 154 valence electrons. The Morgan fingerprint density at radius 3 is 2.38 bits per heavy atom. The zero-order valence-electron chi connectivity index (χ0n) is 17.1. The lowest BCUT2D eigenvalue weighted by Gasteiger charge is -2.35. The van der Waals surface area contributed by atoms with Crippen molar-refractivity contribution < 1.29 is 9.53 Å². The fourth-order valence-electron chi connectivity index (χ4n) is 2.52. The number of aliphatic imine (C=N–C) groups is 1. The Kier molecular flexibility index (Phi) is 12.2. The van der Waals surface area contributed by atoms with E-state index in [2.05, 4.69) is 29.1 Å². The van der Waals surface area contributed by atoms with Crippen LogP contribution in [0, 0.1) is 5.92 Å². The smallest absolute Gasteiger partial charge is 0.410 e. The number of carbonyl (C=O) groups is 1. The third-order valence-electron chi connectivity index (χ3n) is 3.97. The molecule has 0 spiro atoms. The highest BCUT2D eigenvalue weighted by Crippen LogP contribution is 2.12. The van der Waals surface area contributed by atoms with Crippen LogP contribution in [-0.4, -0.2) is 73.3 Å². The highest BCUT2D eigenvalue weighted by molar-refractivity contribution is 14.0. The number of guanidine groups is 1. The molecule has 1 amide bonds. The van der Waals surface area contributed by atoms with Gasteiger partial charge in [0.25, 0.3) is 0 Å². The topological polar surface area (TPSA) is 83.2 Å². The van der Waals surface area contributed by atoms with Gasteiger partial charge in [-0.2, -0.15) is 0 Å². The standard InChI is InChI=1S/C18H37N5O2.HI/c1-15(2)7-9-21-16(19)20-8-6-10-22-11-13-23(14-12-22)17(24)25-18(3,4)5;/h15H,6-14H2,1-5H3,(H3,19,20,21);1H. The predicted octanol–water partition coefficient (Wildman–Crippen LogP) is 2.50. The van der Waals surface area contributed by atoms with Crippen molar-refractivity contribution in [2.45, 2.75) is 53.1 Å². The minimum absolute atomic E-state index is 0. The average Bonchev–Trinajstić information content (AvgIpc) is 2.50. The molecule has 0 aromatic carbocycles.